The van der Waals surface area contributed by atoms with Crippen LogP contribution in [0.2, 0.25) is 0 Å². The average Bonchev–Trinajstić information content (AvgIpc) is 3.65. The molecule has 1 saturated carbocycles. The van der Waals surface area contributed by atoms with E-state index in [9.17, 15) is 0 Å². The van der Waals surface area contributed by atoms with Gasteiger partial charge in [0.15, 0.2) is 0 Å². The minimum absolute atomic E-state index is 0.415. The van der Waals surface area contributed by atoms with Crippen molar-refractivity contribution in [2.45, 2.75) is 66.2 Å². The molecule has 0 radical (unpaired) electrons. The predicted octanol–water partition coefficient (Wildman–Crippen LogP) is 10.5. The maximum absolute atomic E-state index is 4.74. The Labute approximate surface area is 231 Å². The van der Waals surface area contributed by atoms with E-state index in [0.717, 1.165) is 37.7 Å². The molecule has 1 aromatic rings. The van der Waals surface area contributed by atoms with Crippen LogP contribution in [0, 0.1) is 23.7 Å². The summed E-state index contributed by atoms with van der Waals surface area (Å²) >= 11 is 0. The summed E-state index contributed by atoms with van der Waals surface area (Å²) in [6.07, 6.45) is 23.0. The van der Waals surface area contributed by atoms with Crippen LogP contribution in [0.3, 0.4) is 0 Å². The maximum atomic E-state index is 4.74. The van der Waals surface area contributed by atoms with Crippen LogP contribution in [-0.4, -0.2) is 0 Å². The third kappa shape index (κ3) is 4.86. The highest BCUT2D eigenvalue weighted by molar-refractivity contribution is 5.77. The second-order valence-electron chi connectivity index (χ2n) is 11.9. The summed E-state index contributed by atoms with van der Waals surface area (Å²) in [7, 11) is 0. The third-order valence-corrected chi connectivity index (χ3v) is 9.22. The van der Waals surface area contributed by atoms with Gasteiger partial charge in [-0.25, -0.2) is 0 Å². The summed E-state index contributed by atoms with van der Waals surface area (Å²) in [6.45, 7) is 22.5. The minimum Gasteiger partial charge on any atom is -0.0995 e. The van der Waals surface area contributed by atoms with Gasteiger partial charge in [-0.1, -0.05) is 130 Å². The highest BCUT2D eigenvalue weighted by atomic mass is 14.5. The van der Waals surface area contributed by atoms with Crippen LogP contribution in [0.4, 0.5) is 0 Å². The Hall–Kier alpha value is -3.12. The van der Waals surface area contributed by atoms with Gasteiger partial charge in [0.25, 0.3) is 0 Å². The molecule has 0 aromatic heterocycles. The lowest BCUT2D eigenvalue weighted by atomic mass is 9.62. The molecule has 5 rings (SSSR count). The van der Waals surface area contributed by atoms with Crippen molar-refractivity contribution in [3.63, 3.8) is 0 Å². The number of benzene rings is 1. The zero-order chi connectivity index (χ0) is 27.0. The molecule has 0 heteroatoms. The molecule has 1 fully saturated rings. The second kappa shape index (κ2) is 10.9. The SMILES string of the molecule is C=C(C)c1ccc(C2=CC=C(C=C3CC4=CC(C)C(C(=C)CCC)C(C5=CC=CC5)C4C3=C)C2)c(CC)c1. The van der Waals surface area contributed by atoms with Crippen molar-refractivity contribution in [3.05, 3.63) is 131 Å². The van der Waals surface area contributed by atoms with Gasteiger partial charge in [-0.05, 0) is 95.8 Å². The van der Waals surface area contributed by atoms with Crippen LogP contribution in [0.25, 0.3) is 11.1 Å². The molecule has 4 aliphatic rings. The molecule has 1 aromatic carbocycles. The minimum atomic E-state index is 0.415. The first kappa shape index (κ1) is 26.5. The summed E-state index contributed by atoms with van der Waals surface area (Å²) in [5.74, 6) is 1.92. The molecule has 4 atom stereocenters. The molecule has 38 heavy (non-hydrogen) atoms. The number of hydrogen-bond donors (Lipinski definition) is 0. The first-order valence-corrected chi connectivity index (χ1v) is 14.6. The number of hydrogen-bond acceptors (Lipinski definition) is 0. The fraction of sp³-hybridized carbons (Fsp3) is 0.368. The van der Waals surface area contributed by atoms with E-state index in [0.29, 0.717) is 23.7 Å². The summed E-state index contributed by atoms with van der Waals surface area (Å²) in [6, 6.07) is 6.84. The Morgan fingerprint density at radius 3 is 2.55 bits per heavy atom. The van der Waals surface area contributed by atoms with Crippen molar-refractivity contribution >= 4 is 11.1 Å². The van der Waals surface area contributed by atoms with E-state index in [1.165, 1.54) is 51.0 Å². The van der Waals surface area contributed by atoms with Gasteiger partial charge in [-0.2, -0.15) is 0 Å². The van der Waals surface area contributed by atoms with E-state index < -0.39 is 0 Å². The molecule has 0 saturated heterocycles. The number of allylic oxidation sites excluding steroid dienone is 15. The quantitative estimate of drug-likeness (QED) is 0.311. The molecular formula is C38H44. The highest BCUT2D eigenvalue weighted by Crippen LogP contribution is 2.56. The molecule has 4 unspecified atom stereocenters. The van der Waals surface area contributed by atoms with Crippen LogP contribution in [0.5, 0.6) is 0 Å². The van der Waals surface area contributed by atoms with Gasteiger partial charge in [-0.3, -0.25) is 0 Å². The van der Waals surface area contributed by atoms with Gasteiger partial charge < -0.3 is 0 Å². The van der Waals surface area contributed by atoms with Crippen LogP contribution < -0.4 is 0 Å². The van der Waals surface area contributed by atoms with Crippen LogP contribution in [0.15, 0.2) is 114 Å². The van der Waals surface area contributed by atoms with E-state index in [2.05, 4.69) is 102 Å². The molecule has 0 spiro atoms. The summed E-state index contributed by atoms with van der Waals surface area (Å²) in [5, 5.41) is 0. The Morgan fingerprint density at radius 1 is 1.05 bits per heavy atom. The predicted molar refractivity (Wildman–Crippen MR) is 167 cm³/mol. The van der Waals surface area contributed by atoms with E-state index in [4.69, 9.17) is 6.58 Å². The second-order valence-corrected chi connectivity index (χ2v) is 11.9. The molecule has 0 bridgehead atoms. The van der Waals surface area contributed by atoms with Crippen molar-refractivity contribution in [3.8, 4) is 0 Å². The van der Waals surface area contributed by atoms with E-state index in [1.54, 1.807) is 11.1 Å². The average molecular weight is 501 g/mol. The zero-order valence-corrected chi connectivity index (χ0v) is 23.9. The van der Waals surface area contributed by atoms with Crippen molar-refractivity contribution in [1.29, 1.82) is 0 Å². The molecule has 0 nitrogen and oxygen atoms in total. The van der Waals surface area contributed by atoms with Gasteiger partial charge in [0.2, 0.25) is 0 Å². The first-order valence-electron chi connectivity index (χ1n) is 14.6. The topological polar surface area (TPSA) is 0 Å². The normalized spacial score (nSPS) is 27.3. The molecule has 4 aliphatic carbocycles. The molecule has 196 valence electrons. The molecule has 0 amide bonds. The molecule has 0 heterocycles. The van der Waals surface area contributed by atoms with Gasteiger partial charge in [0.05, 0.1) is 0 Å². The van der Waals surface area contributed by atoms with Crippen LogP contribution in [-0.2, 0) is 6.42 Å². The van der Waals surface area contributed by atoms with E-state index in [-0.39, 0.29) is 0 Å². The molecule has 0 aliphatic heterocycles. The Balaban J connectivity index is 1.39. The van der Waals surface area contributed by atoms with Crippen molar-refractivity contribution in [1.82, 2.24) is 0 Å². The van der Waals surface area contributed by atoms with Crippen molar-refractivity contribution < 1.29 is 0 Å². The lowest BCUT2D eigenvalue weighted by molar-refractivity contribution is 0.281. The monoisotopic (exact) mass is 500 g/mol. The van der Waals surface area contributed by atoms with Crippen molar-refractivity contribution in [2.75, 3.05) is 0 Å². The Kier molecular flexibility index (Phi) is 7.62. The number of aryl methyl sites for hydroxylation is 1. The third-order valence-electron chi connectivity index (χ3n) is 9.22. The summed E-state index contributed by atoms with van der Waals surface area (Å²) < 4.78 is 0. The van der Waals surface area contributed by atoms with Gasteiger partial charge in [0, 0.05) is 5.92 Å². The van der Waals surface area contributed by atoms with E-state index in [1.807, 2.05) is 0 Å². The largest absolute Gasteiger partial charge is 0.0995 e. The van der Waals surface area contributed by atoms with Gasteiger partial charge in [0.1, 0.15) is 0 Å². The molecule has 0 N–H and O–H groups in total. The summed E-state index contributed by atoms with van der Waals surface area (Å²) in [4.78, 5) is 0. The van der Waals surface area contributed by atoms with Crippen LogP contribution >= 0.6 is 0 Å². The van der Waals surface area contributed by atoms with E-state index >= 15 is 0 Å². The summed E-state index contributed by atoms with van der Waals surface area (Å²) in [5.41, 5.74) is 15.3. The van der Waals surface area contributed by atoms with Crippen molar-refractivity contribution in [2.24, 2.45) is 23.7 Å². The highest BCUT2D eigenvalue weighted by Gasteiger charge is 2.45. The fourth-order valence-corrected chi connectivity index (χ4v) is 7.38. The first-order chi connectivity index (χ1) is 18.3. The van der Waals surface area contributed by atoms with Gasteiger partial charge in [-0.15, -0.1) is 0 Å². The molecular weight excluding hydrogens is 456 g/mol. The smallest absolute Gasteiger partial charge is 0.0120 e. The van der Waals surface area contributed by atoms with Crippen LogP contribution in [0.1, 0.15) is 76.5 Å². The maximum Gasteiger partial charge on any atom is 0.0120 e. The standard InChI is InChI=1S/C38H44/c1-8-12-25(5)36-26(6)19-34-23-33(27(7)37(34)38(36)30-13-10-11-14-30)21-28-15-16-32(20-28)35-18-17-31(24(3)4)22-29(35)9-2/h10-11,13,15-19,21-22,26,36-38H,3,5,7-9,12,14,20,23H2,1-2,4,6H3. The Bertz CT molecular complexity index is 1360. The number of fused-ring (bicyclic) bond motifs is 1. The van der Waals surface area contributed by atoms with Gasteiger partial charge >= 0.3 is 0 Å². The lowest BCUT2D eigenvalue weighted by Crippen LogP contribution is -2.34. The number of rotatable bonds is 8. The Morgan fingerprint density at radius 2 is 1.87 bits per heavy atom. The fourth-order valence-electron chi connectivity index (χ4n) is 7.38. The lowest BCUT2D eigenvalue weighted by Gasteiger charge is -2.42. The zero-order valence-electron chi connectivity index (χ0n) is 23.9.